The molecule has 2 amide bonds. The second-order valence-electron chi connectivity index (χ2n) is 7.85. The van der Waals surface area contributed by atoms with E-state index < -0.39 is 29.3 Å². The van der Waals surface area contributed by atoms with Gasteiger partial charge in [-0.1, -0.05) is 42.5 Å². The summed E-state index contributed by atoms with van der Waals surface area (Å²) in [6, 6.07) is 18.9. The van der Waals surface area contributed by atoms with E-state index in [9.17, 15) is 22.8 Å². The Morgan fingerprint density at radius 3 is 2.06 bits per heavy atom. The minimum atomic E-state index is -4.70. The first-order valence-electron chi connectivity index (χ1n) is 10.6. The molecule has 0 bridgehead atoms. The summed E-state index contributed by atoms with van der Waals surface area (Å²) in [6.07, 6.45) is -5.65. The van der Waals surface area contributed by atoms with Gasteiger partial charge in [0.1, 0.15) is 0 Å². The quantitative estimate of drug-likeness (QED) is 0.535. The van der Waals surface area contributed by atoms with Gasteiger partial charge in [0.2, 0.25) is 0 Å². The minimum Gasteiger partial charge on any atom is -0.465 e. The maximum absolute atomic E-state index is 13.8. The van der Waals surface area contributed by atoms with Crippen LogP contribution in [0.4, 0.5) is 29.3 Å². The van der Waals surface area contributed by atoms with Crippen LogP contribution in [0.15, 0.2) is 72.8 Å². The summed E-state index contributed by atoms with van der Waals surface area (Å²) in [4.78, 5) is 27.5. The first kappa shape index (κ1) is 23.2. The van der Waals surface area contributed by atoms with E-state index in [4.69, 9.17) is 5.11 Å². The molecule has 9 heteroatoms. The van der Waals surface area contributed by atoms with Crippen LogP contribution in [0.5, 0.6) is 0 Å². The van der Waals surface area contributed by atoms with Gasteiger partial charge in [0, 0.05) is 37.6 Å². The third kappa shape index (κ3) is 4.98. The molecule has 1 fully saturated rings. The van der Waals surface area contributed by atoms with Crippen LogP contribution in [0, 0.1) is 0 Å². The molecule has 0 saturated carbocycles. The zero-order valence-corrected chi connectivity index (χ0v) is 18.0. The zero-order chi connectivity index (χ0) is 24.3. The second-order valence-corrected chi connectivity index (χ2v) is 7.85. The summed E-state index contributed by atoms with van der Waals surface area (Å²) in [5, 5.41) is 11.7. The average Bonchev–Trinajstić information content (AvgIpc) is 2.84. The van der Waals surface area contributed by atoms with Crippen molar-refractivity contribution in [2.24, 2.45) is 0 Å². The summed E-state index contributed by atoms with van der Waals surface area (Å²) in [6.45, 7) is 1.81. The lowest BCUT2D eigenvalue weighted by molar-refractivity contribution is -0.137. The summed E-state index contributed by atoms with van der Waals surface area (Å²) >= 11 is 0. The third-order valence-corrected chi connectivity index (χ3v) is 5.72. The van der Waals surface area contributed by atoms with E-state index in [1.807, 2.05) is 4.90 Å². The van der Waals surface area contributed by atoms with Gasteiger partial charge in [-0.2, -0.15) is 13.2 Å². The summed E-state index contributed by atoms with van der Waals surface area (Å²) in [5.41, 5.74) is 0.461. The Morgan fingerprint density at radius 2 is 1.47 bits per heavy atom. The van der Waals surface area contributed by atoms with Crippen molar-refractivity contribution in [1.29, 1.82) is 0 Å². The topological polar surface area (TPSA) is 72.9 Å². The summed E-state index contributed by atoms with van der Waals surface area (Å²) in [7, 11) is 0. The number of nitrogens with zero attached hydrogens (tertiary/aromatic N) is 2. The molecule has 2 N–H and O–H groups in total. The van der Waals surface area contributed by atoms with Crippen molar-refractivity contribution in [3.8, 4) is 11.1 Å². The van der Waals surface area contributed by atoms with Crippen LogP contribution < -0.4 is 10.2 Å². The lowest BCUT2D eigenvalue weighted by atomic mass is 9.94. The number of alkyl halides is 3. The molecule has 1 saturated heterocycles. The maximum atomic E-state index is 13.8. The van der Waals surface area contributed by atoms with Crippen LogP contribution in [-0.2, 0) is 6.18 Å². The highest BCUT2D eigenvalue weighted by atomic mass is 19.4. The Hall–Kier alpha value is -4.01. The van der Waals surface area contributed by atoms with Gasteiger partial charge in [0.15, 0.2) is 0 Å². The number of piperazine rings is 1. The first-order valence-corrected chi connectivity index (χ1v) is 10.6. The lowest BCUT2D eigenvalue weighted by Crippen LogP contribution is -2.48. The molecule has 1 aliphatic heterocycles. The molecule has 6 nitrogen and oxygen atoms in total. The van der Waals surface area contributed by atoms with Crippen LogP contribution in [0.2, 0.25) is 0 Å². The van der Waals surface area contributed by atoms with E-state index in [1.54, 1.807) is 54.6 Å². The molecule has 0 spiro atoms. The van der Waals surface area contributed by atoms with Gasteiger partial charge in [0.25, 0.3) is 5.91 Å². The van der Waals surface area contributed by atoms with E-state index in [2.05, 4.69) is 5.32 Å². The fraction of sp³-hybridized carbons (Fsp3) is 0.200. The number of amides is 2. The number of nitrogens with one attached hydrogen (secondary N) is 1. The van der Waals surface area contributed by atoms with Crippen LogP contribution >= 0.6 is 0 Å². The first-order chi connectivity index (χ1) is 16.2. The van der Waals surface area contributed by atoms with Crippen LogP contribution in [0.25, 0.3) is 11.1 Å². The lowest BCUT2D eigenvalue weighted by Gasteiger charge is -2.34. The van der Waals surface area contributed by atoms with Crippen molar-refractivity contribution < 1.29 is 27.9 Å². The fourth-order valence-corrected chi connectivity index (χ4v) is 4.00. The largest absolute Gasteiger partial charge is 0.465 e. The molecule has 1 heterocycles. The molecule has 3 aromatic carbocycles. The predicted molar refractivity (Wildman–Crippen MR) is 123 cm³/mol. The van der Waals surface area contributed by atoms with E-state index in [0.717, 1.165) is 11.8 Å². The van der Waals surface area contributed by atoms with Gasteiger partial charge in [-0.05, 0) is 41.5 Å². The average molecular weight is 469 g/mol. The van der Waals surface area contributed by atoms with Crippen molar-refractivity contribution in [3.63, 3.8) is 0 Å². The number of carbonyl (C=O) groups is 2. The molecule has 176 valence electrons. The minimum absolute atomic E-state index is 0.195. The standard InChI is InChI=1S/C25H22F3N3O3/c26-25(27,28)21-8-4-7-20(17-5-2-1-3-6-17)22(21)23(32)29-18-9-11-19(12-10-18)30-13-15-31(16-14-30)24(33)34/h1-12H,13-16H2,(H,29,32)(H,33,34). The number of hydrogen-bond acceptors (Lipinski definition) is 3. The molecular weight excluding hydrogens is 447 g/mol. The van der Waals surface area contributed by atoms with Crippen molar-refractivity contribution in [3.05, 3.63) is 83.9 Å². The van der Waals surface area contributed by atoms with Gasteiger partial charge in [0.05, 0.1) is 11.1 Å². The highest BCUT2D eigenvalue weighted by Gasteiger charge is 2.36. The molecule has 3 aromatic rings. The molecule has 4 rings (SSSR count). The number of carbonyl (C=O) groups excluding carboxylic acids is 1. The molecule has 0 aromatic heterocycles. The maximum Gasteiger partial charge on any atom is 0.417 e. The van der Waals surface area contributed by atoms with Gasteiger partial charge in [-0.15, -0.1) is 0 Å². The number of rotatable bonds is 4. The Bertz CT molecular complexity index is 1170. The van der Waals surface area contributed by atoms with Crippen LogP contribution in [0.3, 0.4) is 0 Å². The molecular formula is C25H22F3N3O3. The Balaban J connectivity index is 1.57. The highest BCUT2D eigenvalue weighted by Crippen LogP contribution is 2.37. The van der Waals surface area contributed by atoms with Crippen molar-refractivity contribution in [2.75, 3.05) is 36.4 Å². The van der Waals surface area contributed by atoms with Crippen LogP contribution in [-0.4, -0.2) is 48.2 Å². The SMILES string of the molecule is O=C(Nc1ccc(N2CCN(C(=O)O)CC2)cc1)c1c(-c2ccccc2)cccc1C(F)(F)F. The zero-order valence-electron chi connectivity index (χ0n) is 18.0. The van der Waals surface area contributed by atoms with Crippen LogP contribution in [0.1, 0.15) is 15.9 Å². The Morgan fingerprint density at radius 1 is 0.824 bits per heavy atom. The Kier molecular flexibility index (Phi) is 6.45. The van der Waals surface area contributed by atoms with E-state index >= 15 is 0 Å². The number of carboxylic acid groups (broad SMARTS) is 1. The molecule has 0 atom stereocenters. The van der Waals surface area contributed by atoms with Gasteiger partial charge in [-0.3, -0.25) is 4.79 Å². The molecule has 1 aliphatic rings. The molecule has 34 heavy (non-hydrogen) atoms. The fourth-order valence-electron chi connectivity index (χ4n) is 4.00. The van der Waals surface area contributed by atoms with Gasteiger partial charge >= 0.3 is 12.3 Å². The number of anilines is 2. The molecule has 0 unspecified atom stereocenters. The van der Waals surface area contributed by atoms with E-state index in [0.29, 0.717) is 37.4 Å². The van der Waals surface area contributed by atoms with Gasteiger partial charge < -0.3 is 20.2 Å². The number of halogens is 3. The third-order valence-electron chi connectivity index (χ3n) is 5.72. The highest BCUT2D eigenvalue weighted by molar-refractivity contribution is 6.10. The monoisotopic (exact) mass is 469 g/mol. The van der Waals surface area contributed by atoms with Crippen molar-refractivity contribution >= 4 is 23.4 Å². The molecule has 0 aliphatic carbocycles. The summed E-state index contributed by atoms with van der Waals surface area (Å²) < 4.78 is 41.3. The second kappa shape index (κ2) is 9.46. The van der Waals surface area contributed by atoms with Gasteiger partial charge in [-0.25, -0.2) is 4.79 Å². The van der Waals surface area contributed by atoms with Crippen molar-refractivity contribution in [2.45, 2.75) is 6.18 Å². The number of benzene rings is 3. The predicted octanol–water partition coefficient (Wildman–Crippen LogP) is 5.42. The van der Waals surface area contributed by atoms with E-state index in [1.165, 1.54) is 17.0 Å². The smallest absolute Gasteiger partial charge is 0.417 e. The summed E-state index contributed by atoms with van der Waals surface area (Å²) in [5.74, 6) is -0.852. The van der Waals surface area contributed by atoms with Crippen molar-refractivity contribution in [1.82, 2.24) is 4.90 Å². The molecule has 0 radical (unpaired) electrons. The van der Waals surface area contributed by atoms with E-state index in [-0.39, 0.29) is 5.56 Å². The normalized spacial score (nSPS) is 14.1. The number of hydrogen-bond donors (Lipinski definition) is 2. The Labute approximate surface area is 194 Å².